The summed E-state index contributed by atoms with van der Waals surface area (Å²) in [6.07, 6.45) is 2.26. The van der Waals surface area contributed by atoms with E-state index in [4.69, 9.17) is 0 Å². The van der Waals surface area contributed by atoms with Gasteiger partial charge in [0.25, 0.3) is 0 Å². The fourth-order valence-corrected chi connectivity index (χ4v) is 5.47. The molecule has 1 atom stereocenters. The summed E-state index contributed by atoms with van der Waals surface area (Å²) in [5, 5.41) is 2.80. The maximum atomic E-state index is 13.0. The van der Waals surface area contributed by atoms with Crippen molar-refractivity contribution in [1.82, 2.24) is 4.31 Å². The number of aryl methyl sites for hydroxylation is 1. The number of nitrogens with zero attached hydrogens (tertiary/aromatic N) is 2. The normalized spacial score (nSPS) is 17.8. The third-order valence-electron chi connectivity index (χ3n) is 5.39. The fraction of sp³-hybridized carbons (Fsp3) is 0.381. The van der Waals surface area contributed by atoms with Gasteiger partial charge in [0, 0.05) is 25.8 Å². The van der Waals surface area contributed by atoms with E-state index in [9.17, 15) is 21.6 Å². The number of benzene rings is 2. The first kappa shape index (κ1) is 23.2. The van der Waals surface area contributed by atoms with Gasteiger partial charge >= 0.3 is 0 Å². The van der Waals surface area contributed by atoms with Gasteiger partial charge in [-0.2, -0.15) is 4.31 Å². The van der Waals surface area contributed by atoms with Crippen molar-refractivity contribution in [2.24, 2.45) is 5.92 Å². The van der Waals surface area contributed by atoms with Gasteiger partial charge < -0.3 is 5.32 Å². The highest BCUT2D eigenvalue weighted by Crippen LogP contribution is 2.26. The van der Waals surface area contributed by atoms with Crippen LogP contribution in [0.2, 0.25) is 0 Å². The van der Waals surface area contributed by atoms with E-state index in [2.05, 4.69) is 5.32 Å². The Kier molecular flexibility index (Phi) is 6.73. The van der Waals surface area contributed by atoms with Crippen LogP contribution >= 0.6 is 0 Å². The van der Waals surface area contributed by atoms with Crippen molar-refractivity contribution < 1.29 is 21.6 Å². The molecule has 8 nitrogen and oxygen atoms in total. The summed E-state index contributed by atoms with van der Waals surface area (Å²) in [6, 6.07) is 13.2. The van der Waals surface area contributed by atoms with Gasteiger partial charge in [0.1, 0.15) is 0 Å². The van der Waals surface area contributed by atoms with Crippen LogP contribution < -0.4 is 9.62 Å². The average molecular weight is 466 g/mol. The van der Waals surface area contributed by atoms with Gasteiger partial charge in [-0.25, -0.2) is 16.8 Å². The summed E-state index contributed by atoms with van der Waals surface area (Å²) in [5.74, 6) is -0.784. The molecule has 1 N–H and O–H groups in total. The van der Waals surface area contributed by atoms with Crippen molar-refractivity contribution in [2.75, 3.05) is 36.0 Å². The van der Waals surface area contributed by atoms with Crippen LogP contribution in [0.3, 0.4) is 0 Å². The summed E-state index contributed by atoms with van der Waals surface area (Å²) < 4.78 is 51.9. The molecule has 31 heavy (non-hydrogen) atoms. The van der Waals surface area contributed by atoms with Crippen molar-refractivity contribution in [3.05, 3.63) is 54.1 Å². The van der Waals surface area contributed by atoms with Crippen LogP contribution in [0.4, 0.5) is 11.4 Å². The predicted octanol–water partition coefficient (Wildman–Crippen LogP) is 2.43. The van der Waals surface area contributed by atoms with Crippen LogP contribution in [0.25, 0.3) is 0 Å². The number of hydrogen-bond donors (Lipinski definition) is 1. The molecule has 0 radical (unpaired) electrons. The Morgan fingerprint density at radius 3 is 2.42 bits per heavy atom. The van der Waals surface area contributed by atoms with Crippen LogP contribution in [0.15, 0.2) is 53.4 Å². The second-order valence-corrected chi connectivity index (χ2v) is 11.7. The molecule has 0 aliphatic carbocycles. The van der Waals surface area contributed by atoms with E-state index in [0.29, 0.717) is 30.8 Å². The number of carbonyl (C=O) groups is 1. The first-order valence-corrected chi connectivity index (χ1v) is 13.2. The lowest BCUT2D eigenvalue weighted by Crippen LogP contribution is -2.43. The lowest BCUT2D eigenvalue weighted by atomic mass is 9.98. The lowest BCUT2D eigenvalue weighted by Gasteiger charge is -2.31. The molecule has 0 bridgehead atoms. The molecule has 2 aromatic carbocycles. The Morgan fingerprint density at radius 2 is 1.77 bits per heavy atom. The molecule has 1 heterocycles. The van der Waals surface area contributed by atoms with Crippen LogP contribution in [0, 0.1) is 12.8 Å². The van der Waals surface area contributed by atoms with Crippen molar-refractivity contribution in [2.45, 2.75) is 24.7 Å². The van der Waals surface area contributed by atoms with Gasteiger partial charge in [-0.05, 0) is 50.1 Å². The van der Waals surface area contributed by atoms with Crippen molar-refractivity contribution in [3.8, 4) is 0 Å². The summed E-state index contributed by atoms with van der Waals surface area (Å²) >= 11 is 0. The first-order valence-electron chi connectivity index (χ1n) is 9.90. The molecule has 1 saturated heterocycles. The van der Waals surface area contributed by atoms with Crippen molar-refractivity contribution >= 4 is 37.3 Å². The predicted molar refractivity (Wildman–Crippen MR) is 121 cm³/mol. The van der Waals surface area contributed by atoms with Crippen molar-refractivity contribution in [1.29, 1.82) is 0 Å². The maximum absolute atomic E-state index is 13.0. The zero-order valence-electron chi connectivity index (χ0n) is 17.8. The summed E-state index contributed by atoms with van der Waals surface area (Å²) in [4.78, 5) is 13.1. The van der Waals surface area contributed by atoms with Crippen LogP contribution in [-0.2, 0) is 24.8 Å². The van der Waals surface area contributed by atoms with E-state index >= 15 is 0 Å². The maximum Gasteiger partial charge on any atom is 0.243 e. The van der Waals surface area contributed by atoms with Gasteiger partial charge in [0.2, 0.25) is 26.0 Å². The van der Waals surface area contributed by atoms with Crippen LogP contribution in [-0.4, -0.2) is 53.4 Å². The third kappa shape index (κ3) is 5.44. The Balaban J connectivity index is 1.72. The summed E-state index contributed by atoms with van der Waals surface area (Å²) in [7, 11) is -5.66. The SMILES string of the molecule is Cc1ccc(S(=O)(=O)N2CCCC(C(=O)Nc3cccc(N(C)S(C)(=O)=O)c3)C2)cc1. The minimum Gasteiger partial charge on any atom is -0.326 e. The molecule has 1 aliphatic heterocycles. The largest absolute Gasteiger partial charge is 0.326 e. The number of carbonyl (C=O) groups excluding carboxylic acids is 1. The highest BCUT2D eigenvalue weighted by Gasteiger charge is 2.33. The molecule has 1 aliphatic rings. The molecule has 10 heteroatoms. The molecule has 1 fully saturated rings. The zero-order valence-corrected chi connectivity index (χ0v) is 19.4. The zero-order chi connectivity index (χ0) is 22.8. The number of hydrogen-bond acceptors (Lipinski definition) is 5. The lowest BCUT2D eigenvalue weighted by molar-refractivity contribution is -0.120. The topological polar surface area (TPSA) is 104 Å². The van der Waals surface area contributed by atoms with Gasteiger partial charge in [0.05, 0.1) is 22.8 Å². The van der Waals surface area contributed by atoms with Crippen molar-refractivity contribution in [3.63, 3.8) is 0 Å². The van der Waals surface area contributed by atoms with Gasteiger partial charge in [-0.15, -0.1) is 0 Å². The second kappa shape index (κ2) is 8.97. The van der Waals surface area contributed by atoms with E-state index in [1.165, 1.54) is 11.4 Å². The Bertz CT molecular complexity index is 1160. The molecule has 0 aromatic heterocycles. The second-order valence-electron chi connectivity index (χ2n) is 7.79. The number of amides is 1. The number of rotatable bonds is 6. The van der Waals surface area contributed by atoms with Crippen LogP contribution in [0.5, 0.6) is 0 Å². The van der Waals surface area contributed by atoms with Gasteiger partial charge in [0.15, 0.2) is 0 Å². The standard InChI is InChI=1S/C21H27N3O5S2/c1-16-9-11-20(12-10-16)31(28,29)24-13-5-6-17(15-24)21(25)22-18-7-4-8-19(14-18)23(2)30(3,26)27/h4,7-12,14,17H,5-6,13,15H2,1-3H3,(H,22,25). The molecule has 1 amide bonds. The molecule has 2 aromatic rings. The van der Waals surface area contributed by atoms with E-state index < -0.39 is 26.0 Å². The van der Waals surface area contributed by atoms with Crippen LogP contribution in [0.1, 0.15) is 18.4 Å². The summed E-state index contributed by atoms with van der Waals surface area (Å²) in [5.41, 5.74) is 1.85. The Hall–Kier alpha value is -2.43. The molecular weight excluding hydrogens is 438 g/mol. The molecule has 3 rings (SSSR count). The highest BCUT2D eigenvalue weighted by atomic mass is 32.2. The Labute approximate surface area is 184 Å². The van der Waals surface area contributed by atoms with E-state index in [0.717, 1.165) is 16.1 Å². The number of sulfonamides is 2. The number of anilines is 2. The molecule has 0 spiro atoms. The minimum absolute atomic E-state index is 0.102. The number of nitrogens with one attached hydrogen (secondary N) is 1. The number of piperidine rings is 1. The average Bonchev–Trinajstić information content (AvgIpc) is 2.73. The Morgan fingerprint density at radius 1 is 1.10 bits per heavy atom. The van der Waals surface area contributed by atoms with E-state index in [-0.39, 0.29) is 17.3 Å². The minimum atomic E-state index is -3.67. The third-order valence-corrected chi connectivity index (χ3v) is 8.47. The highest BCUT2D eigenvalue weighted by molar-refractivity contribution is 7.92. The smallest absolute Gasteiger partial charge is 0.243 e. The quantitative estimate of drug-likeness (QED) is 0.706. The van der Waals surface area contributed by atoms with Gasteiger partial charge in [-0.1, -0.05) is 23.8 Å². The monoisotopic (exact) mass is 465 g/mol. The molecule has 1 unspecified atom stereocenters. The van der Waals surface area contributed by atoms with E-state index in [1.54, 1.807) is 48.5 Å². The first-order chi connectivity index (χ1) is 14.5. The van der Waals surface area contributed by atoms with E-state index in [1.807, 2.05) is 6.92 Å². The summed E-state index contributed by atoms with van der Waals surface area (Å²) in [6.45, 7) is 2.36. The van der Waals surface area contributed by atoms with Gasteiger partial charge in [-0.3, -0.25) is 9.10 Å². The fourth-order valence-electron chi connectivity index (χ4n) is 3.45. The molecule has 168 valence electrons. The molecular formula is C21H27N3O5S2. The molecule has 0 saturated carbocycles.